The summed E-state index contributed by atoms with van der Waals surface area (Å²) in [4.78, 5) is 11.9. The van der Waals surface area contributed by atoms with E-state index in [9.17, 15) is 4.79 Å². The Morgan fingerprint density at radius 1 is 1.45 bits per heavy atom. The maximum atomic E-state index is 11.9. The van der Waals surface area contributed by atoms with E-state index in [1.165, 1.54) is 43.6 Å². The zero-order valence-corrected chi connectivity index (χ0v) is 13.1. The fraction of sp³-hybridized carbons (Fsp3) is 0.714. The van der Waals surface area contributed by atoms with Crippen LogP contribution in [-0.2, 0) is 0 Å². The molecule has 1 fully saturated rings. The molecule has 0 aliphatic heterocycles. The summed E-state index contributed by atoms with van der Waals surface area (Å²) in [5, 5.41) is 6.95. The van der Waals surface area contributed by atoms with Crippen LogP contribution in [0.15, 0.2) is 0 Å². The predicted octanol–water partition coefficient (Wildman–Crippen LogP) is 2.86. The van der Waals surface area contributed by atoms with Crippen LogP contribution in [0.2, 0.25) is 0 Å². The first-order valence-electron chi connectivity index (χ1n) is 7.41. The van der Waals surface area contributed by atoms with Crippen molar-refractivity contribution < 1.29 is 4.79 Å². The molecule has 6 heteroatoms. The van der Waals surface area contributed by atoms with Crippen molar-refractivity contribution in [2.24, 2.45) is 5.92 Å². The SMILES string of the molecule is CCC(Nc1snc(N)c1C(=O)NC)C1CCCCC1. The summed E-state index contributed by atoms with van der Waals surface area (Å²) < 4.78 is 4.11. The van der Waals surface area contributed by atoms with Gasteiger partial charge in [0.05, 0.1) is 0 Å². The molecule has 0 bridgehead atoms. The molecule has 0 saturated heterocycles. The van der Waals surface area contributed by atoms with E-state index < -0.39 is 0 Å². The number of hydrogen-bond acceptors (Lipinski definition) is 5. The monoisotopic (exact) mass is 296 g/mol. The van der Waals surface area contributed by atoms with E-state index in [4.69, 9.17) is 5.73 Å². The number of nitrogens with zero attached hydrogens (tertiary/aromatic N) is 1. The van der Waals surface area contributed by atoms with Crippen molar-refractivity contribution in [1.82, 2.24) is 9.69 Å². The molecule has 1 amide bonds. The number of carbonyl (C=O) groups excluding carboxylic acids is 1. The number of amides is 1. The average Bonchev–Trinajstić information content (AvgIpc) is 2.85. The molecule has 0 spiro atoms. The number of hydrogen-bond donors (Lipinski definition) is 3. The summed E-state index contributed by atoms with van der Waals surface area (Å²) >= 11 is 1.28. The normalized spacial score (nSPS) is 17.7. The molecular formula is C14H24N4OS. The van der Waals surface area contributed by atoms with Crippen LogP contribution in [0, 0.1) is 5.92 Å². The van der Waals surface area contributed by atoms with E-state index in [2.05, 4.69) is 21.9 Å². The van der Waals surface area contributed by atoms with Crippen LogP contribution in [0.1, 0.15) is 55.8 Å². The summed E-state index contributed by atoms with van der Waals surface area (Å²) in [5.41, 5.74) is 6.30. The number of aromatic nitrogens is 1. The molecule has 20 heavy (non-hydrogen) atoms. The molecule has 4 N–H and O–H groups in total. The Bertz CT molecular complexity index is 454. The first-order chi connectivity index (χ1) is 9.67. The lowest BCUT2D eigenvalue weighted by Crippen LogP contribution is -2.31. The van der Waals surface area contributed by atoms with E-state index in [-0.39, 0.29) is 5.91 Å². The van der Waals surface area contributed by atoms with Gasteiger partial charge in [0.1, 0.15) is 10.6 Å². The van der Waals surface area contributed by atoms with Crippen molar-refractivity contribution in [2.45, 2.75) is 51.5 Å². The molecule has 112 valence electrons. The highest BCUT2D eigenvalue weighted by Crippen LogP contribution is 2.33. The number of nitrogen functional groups attached to an aromatic ring is 1. The van der Waals surface area contributed by atoms with Gasteiger partial charge in [-0.2, -0.15) is 4.37 Å². The van der Waals surface area contributed by atoms with Gasteiger partial charge < -0.3 is 16.4 Å². The number of nitrogens with two attached hydrogens (primary N) is 1. The lowest BCUT2D eigenvalue weighted by Gasteiger charge is -2.30. The van der Waals surface area contributed by atoms with Gasteiger partial charge in [-0.1, -0.05) is 26.2 Å². The van der Waals surface area contributed by atoms with Crippen LogP contribution in [0.5, 0.6) is 0 Å². The second-order valence-corrected chi connectivity index (χ2v) is 6.18. The van der Waals surface area contributed by atoms with Crippen LogP contribution in [0.25, 0.3) is 0 Å². The van der Waals surface area contributed by atoms with Crippen LogP contribution >= 0.6 is 11.5 Å². The summed E-state index contributed by atoms with van der Waals surface area (Å²) in [6.45, 7) is 2.19. The van der Waals surface area contributed by atoms with Gasteiger partial charge in [-0.15, -0.1) is 0 Å². The fourth-order valence-electron chi connectivity index (χ4n) is 3.00. The first-order valence-corrected chi connectivity index (χ1v) is 8.18. The van der Waals surface area contributed by atoms with Gasteiger partial charge in [0.15, 0.2) is 5.82 Å². The molecular weight excluding hydrogens is 272 g/mol. The van der Waals surface area contributed by atoms with Crippen molar-refractivity contribution in [3.63, 3.8) is 0 Å². The molecule has 1 unspecified atom stereocenters. The van der Waals surface area contributed by atoms with Crippen LogP contribution < -0.4 is 16.4 Å². The van der Waals surface area contributed by atoms with Gasteiger partial charge in [-0.3, -0.25) is 4.79 Å². The van der Waals surface area contributed by atoms with Gasteiger partial charge in [0, 0.05) is 13.1 Å². The Hall–Kier alpha value is -1.30. The molecule has 1 aromatic heterocycles. The summed E-state index contributed by atoms with van der Waals surface area (Å²) in [6, 6.07) is 0.401. The third kappa shape index (κ3) is 3.23. The van der Waals surface area contributed by atoms with Gasteiger partial charge in [0.2, 0.25) is 0 Å². The summed E-state index contributed by atoms with van der Waals surface area (Å²) in [7, 11) is 1.61. The smallest absolute Gasteiger partial charge is 0.257 e. The molecule has 0 aromatic carbocycles. The largest absolute Gasteiger partial charge is 0.382 e. The zero-order chi connectivity index (χ0) is 14.5. The van der Waals surface area contributed by atoms with E-state index in [1.807, 2.05) is 0 Å². The predicted molar refractivity (Wildman–Crippen MR) is 84.2 cm³/mol. The average molecular weight is 296 g/mol. The Labute approximate surface area is 124 Å². The molecule has 1 aliphatic carbocycles. The first kappa shape index (κ1) is 15.1. The van der Waals surface area contributed by atoms with E-state index >= 15 is 0 Å². The highest BCUT2D eigenvalue weighted by Gasteiger charge is 2.25. The Morgan fingerprint density at radius 2 is 2.15 bits per heavy atom. The molecule has 1 aromatic rings. The minimum Gasteiger partial charge on any atom is -0.382 e. The van der Waals surface area contributed by atoms with Gasteiger partial charge in [0.25, 0.3) is 5.91 Å². The van der Waals surface area contributed by atoms with E-state index in [0.717, 1.165) is 11.4 Å². The van der Waals surface area contributed by atoms with Crippen molar-refractivity contribution >= 4 is 28.3 Å². The Morgan fingerprint density at radius 3 is 2.75 bits per heavy atom. The molecule has 1 aliphatic rings. The number of rotatable bonds is 5. The summed E-state index contributed by atoms with van der Waals surface area (Å²) in [5.74, 6) is 0.835. The zero-order valence-electron chi connectivity index (χ0n) is 12.2. The van der Waals surface area contributed by atoms with Crippen LogP contribution in [0.3, 0.4) is 0 Å². The number of carbonyl (C=O) groups is 1. The van der Waals surface area contributed by atoms with Gasteiger partial charge >= 0.3 is 0 Å². The van der Waals surface area contributed by atoms with Crippen molar-refractivity contribution in [1.29, 1.82) is 0 Å². The number of anilines is 2. The molecule has 1 saturated carbocycles. The number of nitrogens with one attached hydrogen (secondary N) is 2. The van der Waals surface area contributed by atoms with Crippen molar-refractivity contribution in [3.8, 4) is 0 Å². The van der Waals surface area contributed by atoms with Crippen LogP contribution in [-0.4, -0.2) is 23.4 Å². The molecule has 0 radical (unpaired) electrons. The topological polar surface area (TPSA) is 80.0 Å². The lowest BCUT2D eigenvalue weighted by atomic mass is 9.83. The van der Waals surface area contributed by atoms with E-state index in [0.29, 0.717) is 23.3 Å². The summed E-state index contributed by atoms with van der Waals surface area (Å²) in [6.07, 6.45) is 7.58. The molecule has 1 heterocycles. The van der Waals surface area contributed by atoms with Crippen molar-refractivity contribution in [2.75, 3.05) is 18.1 Å². The maximum Gasteiger partial charge on any atom is 0.257 e. The Kier molecular flexibility index (Phi) is 5.23. The minimum absolute atomic E-state index is 0.169. The van der Waals surface area contributed by atoms with Gasteiger partial charge in [-0.05, 0) is 36.7 Å². The quantitative estimate of drug-likeness (QED) is 0.780. The standard InChI is InChI=1S/C14H24N4OS/c1-3-10(9-7-5-4-6-8-9)17-14-11(13(19)16-2)12(15)18-20-14/h9-10,17H,3-8H2,1-2H3,(H2,15,18)(H,16,19). The third-order valence-corrected chi connectivity index (χ3v) is 4.94. The van der Waals surface area contributed by atoms with E-state index in [1.54, 1.807) is 7.05 Å². The fourth-order valence-corrected chi connectivity index (χ4v) is 3.78. The van der Waals surface area contributed by atoms with Gasteiger partial charge in [-0.25, -0.2) is 0 Å². The third-order valence-electron chi connectivity index (χ3n) is 4.15. The lowest BCUT2D eigenvalue weighted by molar-refractivity contribution is 0.0965. The minimum atomic E-state index is -0.169. The molecule has 5 nitrogen and oxygen atoms in total. The van der Waals surface area contributed by atoms with Crippen molar-refractivity contribution in [3.05, 3.63) is 5.56 Å². The molecule has 2 rings (SSSR count). The highest BCUT2D eigenvalue weighted by atomic mass is 32.1. The Balaban J connectivity index is 2.13. The molecule has 1 atom stereocenters. The maximum absolute atomic E-state index is 11.9. The second kappa shape index (κ2) is 6.92. The van der Waals surface area contributed by atoms with Crippen LogP contribution in [0.4, 0.5) is 10.8 Å². The highest BCUT2D eigenvalue weighted by molar-refractivity contribution is 7.11. The second-order valence-electron chi connectivity index (χ2n) is 5.41.